The van der Waals surface area contributed by atoms with Gasteiger partial charge < -0.3 is 15.8 Å². The third-order valence-electron chi connectivity index (χ3n) is 2.62. The van der Waals surface area contributed by atoms with Gasteiger partial charge in [0, 0.05) is 13.7 Å². The molecular formula is C12H16FN3O4. The molecule has 0 spiro atoms. The monoisotopic (exact) mass is 285 g/mol. The van der Waals surface area contributed by atoms with Crippen LogP contribution in [0.1, 0.15) is 17.3 Å². The number of nitrogens with one attached hydrogen (secondary N) is 1. The zero-order valence-corrected chi connectivity index (χ0v) is 11.2. The Hall–Kier alpha value is -2.22. The second-order valence-electron chi connectivity index (χ2n) is 4.42. The molecule has 1 atom stereocenters. The molecule has 110 valence electrons. The molecule has 0 aliphatic carbocycles. The summed E-state index contributed by atoms with van der Waals surface area (Å²) in [6.07, 6.45) is 0. The standard InChI is InChI=1S/C12H16FN3O4/c1-7(6-20-2)5-15-12(17)8-3-10(14)9(13)4-11(8)16(18)19/h3-4,7H,5-6,14H2,1-2H3,(H,15,17). The quantitative estimate of drug-likeness (QED) is 0.465. The molecule has 0 aliphatic heterocycles. The lowest BCUT2D eigenvalue weighted by atomic mass is 10.1. The SMILES string of the molecule is COCC(C)CNC(=O)c1cc(N)c(F)cc1[N+](=O)[O-]. The zero-order chi connectivity index (χ0) is 15.3. The van der Waals surface area contributed by atoms with Crippen molar-refractivity contribution in [2.75, 3.05) is 26.0 Å². The summed E-state index contributed by atoms with van der Waals surface area (Å²) >= 11 is 0. The number of nitrogen functional groups attached to an aromatic ring is 1. The van der Waals surface area contributed by atoms with E-state index in [2.05, 4.69) is 5.32 Å². The van der Waals surface area contributed by atoms with Crippen molar-refractivity contribution in [1.82, 2.24) is 5.32 Å². The molecule has 0 fully saturated rings. The van der Waals surface area contributed by atoms with Crippen LogP contribution in [-0.4, -0.2) is 31.1 Å². The van der Waals surface area contributed by atoms with Gasteiger partial charge in [-0.05, 0) is 12.0 Å². The number of ether oxygens (including phenoxy) is 1. The Labute approximate surface area is 115 Å². The van der Waals surface area contributed by atoms with Crippen molar-refractivity contribution in [2.45, 2.75) is 6.92 Å². The lowest BCUT2D eigenvalue weighted by Crippen LogP contribution is -2.30. The van der Waals surface area contributed by atoms with E-state index in [9.17, 15) is 19.3 Å². The molecule has 7 nitrogen and oxygen atoms in total. The van der Waals surface area contributed by atoms with E-state index in [4.69, 9.17) is 10.5 Å². The highest BCUT2D eigenvalue weighted by Gasteiger charge is 2.23. The van der Waals surface area contributed by atoms with Crippen LogP contribution >= 0.6 is 0 Å². The van der Waals surface area contributed by atoms with E-state index in [-0.39, 0.29) is 23.7 Å². The molecule has 8 heteroatoms. The van der Waals surface area contributed by atoms with E-state index in [1.54, 1.807) is 0 Å². The first-order valence-corrected chi connectivity index (χ1v) is 5.87. The first-order valence-electron chi connectivity index (χ1n) is 5.87. The molecule has 1 rings (SSSR count). The lowest BCUT2D eigenvalue weighted by molar-refractivity contribution is -0.385. The van der Waals surface area contributed by atoms with Crippen LogP contribution in [0.5, 0.6) is 0 Å². The van der Waals surface area contributed by atoms with Crippen molar-refractivity contribution in [3.63, 3.8) is 0 Å². The van der Waals surface area contributed by atoms with Gasteiger partial charge in [0.05, 0.1) is 23.3 Å². The minimum Gasteiger partial charge on any atom is -0.396 e. The summed E-state index contributed by atoms with van der Waals surface area (Å²) in [6, 6.07) is 1.60. The number of carbonyl (C=O) groups excluding carboxylic acids is 1. The average molecular weight is 285 g/mol. The fraction of sp³-hybridized carbons (Fsp3) is 0.417. The molecule has 0 heterocycles. The third kappa shape index (κ3) is 3.89. The molecule has 20 heavy (non-hydrogen) atoms. The van der Waals surface area contributed by atoms with Crippen LogP contribution in [0.25, 0.3) is 0 Å². The van der Waals surface area contributed by atoms with E-state index in [1.807, 2.05) is 6.92 Å². The lowest BCUT2D eigenvalue weighted by Gasteiger charge is -2.12. The maximum atomic E-state index is 13.2. The summed E-state index contributed by atoms with van der Waals surface area (Å²) in [5.74, 6) is -1.56. The zero-order valence-electron chi connectivity index (χ0n) is 11.2. The van der Waals surface area contributed by atoms with E-state index in [1.165, 1.54) is 7.11 Å². The number of anilines is 1. The molecule has 0 saturated carbocycles. The highest BCUT2D eigenvalue weighted by Crippen LogP contribution is 2.24. The van der Waals surface area contributed by atoms with Gasteiger partial charge in [-0.1, -0.05) is 6.92 Å². The first-order chi connectivity index (χ1) is 9.36. The fourth-order valence-electron chi connectivity index (χ4n) is 1.62. The van der Waals surface area contributed by atoms with Crippen LogP contribution in [0.3, 0.4) is 0 Å². The van der Waals surface area contributed by atoms with Crippen LogP contribution in [0.2, 0.25) is 0 Å². The van der Waals surface area contributed by atoms with E-state index >= 15 is 0 Å². The molecule has 0 saturated heterocycles. The van der Waals surface area contributed by atoms with Gasteiger partial charge in [-0.15, -0.1) is 0 Å². The summed E-state index contributed by atoms with van der Waals surface area (Å²) in [4.78, 5) is 21.9. The van der Waals surface area contributed by atoms with Gasteiger partial charge in [-0.25, -0.2) is 4.39 Å². The number of hydrogen-bond donors (Lipinski definition) is 2. The Balaban J connectivity index is 2.92. The number of halogens is 1. The largest absolute Gasteiger partial charge is 0.396 e. The number of hydrogen-bond acceptors (Lipinski definition) is 5. The molecule has 1 aromatic rings. The fourth-order valence-corrected chi connectivity index (χ4v) is 1.62. The van der Waals surface area contributed by atoms with Crippen LogP contribution in [0.15, 0.2) is 12.1 Å². The van der Waals surface area contributed by atoms with Crippen LogP contribution in [0.4, 0.5) is 15.8 Å². The van der Waals surface area contributed by atoms with Crippen molar-refractivity contribution in [1.29, 1.82) is 0 Å². The molecule has 0 aliphatic rings. The number of rotatable bonds is 6. The van der Waals surface area contributed by atoms with Crippen molar-refractivity contribution in [2.24, 2.45) is 5.92 Å². The van der Waals surface area contributed by atoms with Gasteiger partial charge in [0.2, 0.25) is 0 Å². The predicted octanol–water partition coefficient (Wildman–Crippen LogP) is 1.33. The second kappa shape index (κ2) is 6.80. The van der Waals surface area contributed by atoms with Gasteiger partial charge >= 0.3 is 0 Å². The van der Waals surface area contributed by atoms with Gasteiger partial charge in [0.1, 0.15) is 5.56 Å². The van der Waals surface area contributed by atoms with E-state index < -0.39 is 22.3 Å². The maximum absolute atomic E-state index is 13.2. The Morgan fingerprint density at radius 1 is 1.60 bits per heavy atom. The van der Waals surface area contributed by atoms with Gasteiger partial charge in [0.15, 0.2) is 5.82 Å². The predicted molar refractivity (Wildman–Crippen MR) is 70.8 cm³/mol. The summed E-state index contributed by atoms with van der Waals surface area (Å²) in [7, 11) is 1.53. The van der Waals surface area contributed by atoms with E-state index in [0.29, 0.717) is 12.7 Å². The van der Waals surface area contributed by atoms with Crippen LogP contribution in [0, 0.1) is 21.8 Å². The molecule has 3 N–H and O–H groups in total. The van der Waals surface area contributed by atoms with Crippen LogP contribution in [-0.2, 0) is 4.74 Å². The summed E-state index contributed by atoms with van der Waals surface area (Å²) in [6.45, 7) is 2.56. The average Bonchev–Trinajstić information content (AvgIpc) is 2.38. The summed E-state index contributed by atoms with van der Waals surface area (Å²) in [5, 5.41) is 13.4. The smallest absolute Gasteiger partial charge is 0.285 e. The Bertz CT molecular complexity index is 522. The number of nitrogens with two attached hydrogens (primary N) is 1. The minimum atomic E-state index is -0.930. The minimum absolute atomic E-state index is 0.0424. The number of nitro benzene ring substituents is 1. The Morgan fingerprint density at radius 3 is 2.80 bits per heavy atom. The molecule has 0 aromatic heterocycles. The third-order valence-corrected chi connectivity index (χ3v) is 2.62. The van der Waals surface area contributed by atoms with Crippen molar-refractivity contribution < 1.29 is 18.8 Å². The number of methoxy groups -OCH3 is 1. The topological polar surface area (TPSA) is 107 Å². The Morgan fingerprint density at radius 2 is 2.25 bits per heavy atom. The number of carbonyl (C=O) groups is 1. The molecular weight excluding hydrogens is 269 g/mol. The summed E-state index contributed by atoms with van der Waals surface area (Å²) < 4.78 is 18.1. The molecule has 0 bridgehead atoms. The number of benzene rings is 1. The molecule has 1 unspecified atom stereocenters. The van der Waals surface area contributed by atoms with Crippen LogP contribution < -0.4 is 11.1 Å². The normalized spacial score (nSPS) is 11.9. The number of nitrogens with zero attached hydrogens (tertiary/aromatic N) is 1. The second-order valence-corrected chi connectivity index (χ2v) is 4.42. The van der Waals surface area contributed by atoms with E-state index in [0.717, 1.165) is 6.07 Å². The summed E-state index contributed by atoms with van der Waals surface area (Å²) in [5.41, 5.74) is 4.14. The number of amides is 1. The molecule has 1 amide bonds. The maximum Gasteiger partial charge on any atom is 0.285 e. The van der Waals surface area contributed by atoms with Crippen molar-refractivity contribution in [3.8, 4) is 0 Å². The molecule has 1 aromatic carbocycles. The Kier molecular flexibility index (Phi) is 5.39. The molecule has 0 radical (unpaired) electrons. The van der Waals surface area contributed by atoms with Gasteiger partial charge in [-0.3, -0.25) is 14.9 Å². The highest BCUT2D eigenvalue weighted by atomic mass is 19.1. The van der Waals surface area contributed by atoms with Gasteiger partial charge in [-0.2, -0.15) is 0 Å². The van der Waals surface area contributed by atoms with Crippen molar-refractivity contribution >= 4 is 17.3 Å². The van der Waals surface area contributed by atoms with Crippen molar-refractivity contribution in [3.05, 3.63) is 33.6 Å². The first kappa shape index (κ1) is 15.8. The van der Waals surface area contributed by atoms with Gasteiger partial charge in [0.25, 0.3) is 11.6 Å². The highest BCUT2D eigenvalue weighted by molar-refractivity contribution is 5.99. The number of nitro groups is 1.